The van der Waals surface area contributed by atoms with Crippen molar-refractivity contribution in [3.8, 4) is 0 Å². The lowest BCUT2D eigenvalue weighted by atomic mass is 10.0. The van der Waals surface area contributed by atoms with Crippen molar-refractivity contribution in [2.45, 2.75) is 289 Å². The Balaban J connectivity index is 4.58. The highest BCUT2D eigenvalue weighted by Gasteiger charge is 2.23. The monoisotopic (exact) mass is 896 g/mol. The van der Waals surface area contributed by atoms with Gasteiger partial charge < -0.3 is 20.3 Å². The van der Waals surface area contributed by atoms with Gasteiger partial charge in [-0.25, -0.2) is 0 Å². The number of aliphatic hydroxyl groups is 2. The number of aliphatic hydroxyl groups excluding tert-OH is 2. The van der Waals surface area contributed by atoms with E-state index in [2.05, 4.69) is 74.7 Å². The minimum atomic E-state index is -0.816. The molecule has 0 aliphatic heterocycles. The smallest absolute Gasteiger partial charge is 0.306 e. The van der Waals surface area contributed by atoms with Crippen LogP contribution in [-0.2, 0) is 14.3 Å². The number of hydrogen-bond acceptors (Lipinski definition) is 5. The highest BCUT2D eigenvalue weighted by atomic mass is 16.5. The molecule has 372 valence electrons. The van der Waals surface area contributed by atoms with Crippen LogP contribution in [0.1, 0.15) is 271 Å². The van der Waals surface area contributed by atoms with E-state index < -0.39 is 18.2 Å². The van der Waals surface area contributed by atoms with Gasteiger partial charge in [0.2, 0.25) is 5.91 Å². The van der Waals surface area contributed by atoms with Gasteiger partial charge in [-0.1, -0.05) is 255 Å². The molecule has 0 aromatic carbocycles. The Morgan fingerprint density at radius 3 is 1.34 bits per heavy atom. The van der Waals surface area contributed by atoms with Crippen LogP contribution in [0.4, 0.5) is 0 Å². The Kier molecular flexibility index (Phi) is 49.6. The summed E-state index contributed by atoms with van der Waals surface area (Å²) >= 11 is 0. The Morgan fingerprint density at radius 2 is 0.891 bits per heavy atom. The van der Waals surface area contributed by atoms with Crippen molar-refractivity contribution < 1.29 is 24.5 Å². The summed E-state index contributed by atoms with van der Waals surface area (Å²) < 4.78 is 5.83. The van der Waals surface area contributed by atoms with Crippen LogP contribution in [0.2, 0.25) is 0 Å². The topological polar surface area (TPSA) is 95.9 Å². The first-order chi connectivity index (χ1) is 31.5. The molecular weight excluding hydrogens is 791 g/mol. The number of nitrogens with one attached hydrogen (secondary N) is 1. The van der Waals surface area contributed by atoms with Crippen molar-refractivity contribution in [2.24, 2.45) is 0 Å². The summed E-state index contributed by atoms with van der Waals surface area (Å²) in [6.45, 7) is 6.44. The summed E-state index contributed by atoms with van der Waals surface area (Å²) in [5.74, 6) is -0.621. The maximum Gasteiger partial charge on any atom is 0.306 e. The summed E-state index contributed by atoms with van der Waals surface area (Å²) in [5.41, 5.74) is 0. The lowest BCUT2D eigenvalue weighted by molar-refractivity contribution is -0.148. The Bertz CT molecular complexity index is 1140. The summed E-state index contributed by atoms with van der Waals surface area (Å²) in [7, 11) is 0. The first-order valence-electron chi connectivity index (χ1n) is 27.6. The van der Waals surface area contributed by atoms with Gasteiger partial charge in [0.1, 0.15) is 6.10 Å². The van der Waals surface area contributed by atoms with Crippen molar-refractivity contribution in [2.75, 3.05) is 6.61 Å². The highest BCUT2D eigenvalue weighted by molar-refractivity contribution is 5.78. The minimum absolute atomic E-state index is 0.0376. The third kappa shape index (κ3) is 46.1. The van der Waals surface area contributed by atoms with E-state index in [-0.39, 0.29) is 24.9 Å². The van der Waals surface area contributed by atoms with Crippen molar-refractivity contribution >= 4 is 11.9 Å². The maximum atomic E-state index is 13.2. The Hall–Kier alpha value is -2.44. The average molecular weight is 896 g/mol. The lowest BCUT2D eigenvalue weighted by Gasteiger charge is -2.23. The second kappa shape index (κ2) is 51.5. The molecule has 6 nitrogen and oxygen atoms in total. The van der Waals surface area contributed by atoms with Crippen molar-refractivity contribution in [3.05, 3.63) is 60.8 Å². The zero-order valence-electron chi connectivity index (χ0n) is 42.4. The minimum Gasteiger partial charge on any atom is -0.458 e. The highest BCUT2D eigenvalue weighted by Crippen LogP contribution is 2.16. The Morgan fingerprint density at radius 1 is 0.484 bits per heavy atom. The van der Waals surface area contributed by atoms with Crippen LogP contribution >= 0.6 is 0 Å². The summed E-state index contributed by atoms with van der Waals surface area (Å²) in [4.78, 5) is 26.1. The lowest BCUT2D eigenvalue weighted by Crippen LogP contribution is -2.46. The quantitative estimate of drug-likeness (QED) is 0.0245. The molecule has 0 spiro atoms. The number of esters is 1. The van der Waals surface area contributed by atoms with Crippen LogP contribution in [0.3, 0.4) is 0 Å². The number of carbonyl (C=O) groups is 2. The fraction of sp³-hybridized carbons (Fsp3) is 0.793. The fourth-order valence-electron chi connectivity index (χ4n) is 8.16. The molecule has 0 saturated carbocycles. The number of amides is 1. The molecule has 0 aromatic heterocycles. The second-order valence-electron chi connectivity index (χ2n) is 18.7. The van der Waals surface area contributed by atoms with Gasteiger partial charge in [0.05, 0.1) is 25.2 Å². The fourth-order valence-corrected chi connectivity index (χ4v) is 8.16. The molecular formula is C58H105NO5. The standard InChI is InChI=1S/C58H105NO5/c1-4-7-10-13-16-19-22-24-26-28-29-31-33-36-39-42-45-48-51-58(63)64-54(49-46-43-40-37-34-21-18-15-12-9-6-3)52-57(62)59-55(53-60)56(61)50-47-44-41-38-35-32-30-27-25-23-20-17-14-11-8-5-2/h22,24,26,28-29,31,37,40,46,49,54-56,60-61H,4-21,23,25,27,30,32-36,38-39,41-45,47-48,50-53H2,1-3H3,(H,59,62)/b24-22+,28-26+,31-29+,40-37-,49-46+. The molecule has 0 aliphatic carbocycles. The number of allylic oxidation sites excluding steroid dienone is 9. The van der Waals surface area contributed by atoms with E-state index in [4.69, 9.17) is 4.74 Å². The molecule has 0 saturated heterocycles. The van der Waals surface area contributed by atoms with Gasteiger partial charge in [0.15, 0.2) is 0 Å². The largest absolute Gasteiger partial charge is 0.458 e. The van der Waals surface area contributed by atoms with Crippen LogP contribution in [0.25, 0.3) is 0 Å². The Labute approximate surface area is 397 Å². The number of carbonyl (C=O) groups excluding carboxylic acids is 2. The molecule has 0 heterocycles. The molecule has 0 fully saturated rings. The van der Waals surface area contributed by atoms with Gasteiger partial charge in [-0.15, -0.1) is 0 Å². The summed E-state index contributed by atoms with van der Waals surface area (Å²) in [6, 6.07) is -0.738. The molecule has 0 radical (unpaired) electrons. The van der Waals surface area contributed by atoms with Crippen LogP contribution in [0.5, 0.6) is 0 Å². The SMILES string of the molecule is CCCCCCC/C=C/C=C/C=C/CCCCCCCC(=O)OC(/C=C/C/C=C\CCCCCCCC)CC(=O)NC(CO)C(O)CCCCCCCCCCCCCCCCCC. The predicted octanol–water partition coefficient (Wildman–Crippen LogP) is 16.8. The zero-order valence-corrected chi connectivity index (χ0v) is 42.4. The van der Waals surface area contributed by atoms with Gasteiger partial charge in [0.25, 0.3) is 0 Å². The van der Waals surface area contributed by atoms with E-state index in [9.17, 15) is 19.8 Å². The molecule has 3 N–H and O–H groups in total. The van der Waals surface area contributed by atoms with Crippen LogP contribution in [0, 0.1) is 0 Å². The van der Waals surface area contributed by atoms with Crippen molar-refractivity contribution in [1.29, 1.82) is 0 Å². The van der Waals surface area contributed by atoms with Crippen LogP contribution in [-0.4, -0.2) is 46.9 Å². The van der Waals surface area contributed by atoms with E-state index in [1.807, 2.05) is 12.2 Å². The molecule has 3 atom stereocenters. The predicted molar refractivity (Wildman–Crippen MR) is 278 cm³/mol. The van der Waals surface area contributed by atoms with E-state index in [1.54, 1.807) is 0 Å². The van der Waals surface area contributed by atoms with E-state index in [0.29, 0.717) is 19.3 Å². The molecule has 64 heavy (non-hydrogen) atoms. The third-order valence-corrected chi connectivity index (χ3v) is 12.4. The van der Waals surface area contributed by atoms with Gasteiger partial charge >= 0.3 is 5.97 Å². The second-order valence-corrected chi connectivity index (χ2v) is 18.7. The molecule has 3 unspecified atom stereocenters. The first kappa shape index (κ1) is 61.6. The summed E-state index contributed by atoms with van der Waals surface area (Å²) in [5, 5.41) is 23.8. The molecule has 0 aromatic rings. The third-order valence-electron chi connectivity index (χ3n) is 12.4. The molecule has 0 rings (SSSR count). The van der Waals surface area contributed by atoms with Crippen molar-refractivity contribution in [1.82, 2.24) is 5.32 Å². The molecule has 1 amide bonds. The number of rotatable bonds is 49. The number of hydrogen-bond donors (Lipinski definition) is 3. The van der Waals surface area contributed by atoms with E-state index in [1.165, 1.54) is 161 Å². The maximum absolute atomic E-state index is 13.2. The van der Waals surface area contributed by atoms with Crippen LogP contribution < -0.4 is 5.32 Å². The van der Waals surface area contributed by atoms with Gasteiger partial charge in [-0.05, 0) is 63.9 Å². The first-order valence-corrected chi connectivity index (χ1v) is 27.6. The number of ether oxygens (including phenoxy) is 1. The van der Waals surface area contributed by atoms with E-state index in [0.717, 1.165) is 64.2 Å². The van der Waals surface area contributed by atoms with Crippen LogP contribution in [0.15, 0.2) is 60.8 Å². The number of unbranched alkanes of at least 4 members (excludes halogenated alkanes) is 31. The summed E-state index contributed by atoms with van der Waals surface area (Å²) in [6.07, 6.45) is 64.6. The zero-order chi connectivity index (χ0) is 46.7. The van der Waals surface area contributed by atoms with Gasteiger partial charge in [0, 0.05) is 6.42 Å². The molecule has 0 bridgehead atoms. The normalized spacial score (nSPS) is 13.6. The van der Waals surface area contributed by atoms with Crippen molar-refractivity contribution in [3.63, 3.8) is 0 Å². The van der Waals surface area contributed by atoms with Gasteiger partial charge in [-0.3, -0.25) is 9.59 Å². The molecule has 6 heteroatoms. The van der Waals surface area contributed by atoms with E-state index >= 15 is 0 Å². The average Bonchev–Trinajstić information content (AvgIpc) is 3.29. The van der Waals surface area contributed by atoms with Gasteiger partial charge in [-0.2, -0.15) is 0 Å². The molecule has 0 aliphatic rings.